The number of nitrogens with one attached hydrogen (secondary N) is 1. The first-order chi connectivity index (χ1) is 7.97. The van der Waals surface area contributed by atoms with Gasteiger partial charge in [-0.2, -0.15) is 13.2 Å². The monoisotopic (exact) mass is 248 g/mol. The van der Waals surface area contributed by atoms with Gasteiger partial charge < -0.3 is 10.4 Å². The van der Waals surface area contributed by atoms with E-state index in [0.717, 1.165) is 18.3 Å². The summed E-state index contributed by atoms with van der Waals surface area (Å²) >= 11 is 0. The minimum Gasteiger partial charge on any atom is -0.396 e. The maximum Gasteiger partial charge on any atom is 0.416 e. The number of aromatic nitrogens is 1. The highest BCUT2D eigenvalue weighted by Gasteiger charge is 2.30. The summed E-state index contributed by atoms with van der Waals surface area (Å²) < 4.78 is 37.3. The molecule has 1 heterocycles. The quantitative estimate of drug-likeness (QED) is 0.842. The van der Waals surface area contributed by atoms with Crippen molar-refractivity contribution in [2.24, 2.45) is 0 Å². The van der Waals surface area contributed by atoms with E-state index >= 15 is 0 Å². The molecule has 0 spiro atoms. The summed E-state index contributed by atoms with van der Waals surface area (Å²) in [6.45, 7) is 1.88. The van der Waals surface area contributed by atoms with Crippen molar-refractivity contribution >= 4 is 5.82 Å². The number of alkyl halides is 3. The van der Waals surface area contributed by atoms with Gasteiger partial charge >= 0.3 is 6.18 Å². The second kappa shape index (κ2) is 5.86. The van der Waals surface area contributed by atoms with E-state index in [1.165, 1.54) is 0 Å². The smallest absolute Gasteiger partial charge is 0.396 e. The van der Waals surface area contributed by atoms with Crippen LogP contribution in [0, 0.1) is 0 Å². The molecule has 0 amide bonds. The largest absolute Gasteiger partial charge is 0.416 e. The van der Waals surface area contributed by atoms with E-state index in [1.807, 2.05) is 6.92 Å². The van der Waals surface area contributed by atoms with Crippen molar-refractivity contribution in [1.82, 2.24) is 4.98 Å². The molecular weight excluding hydrogens is 233 g/mol. The molecule has 0 saturated heterocycles. The van der Waals surface area contributed by atoms with E-state index in [9.17, 15) is 13.2 Å². The van der Waals surface area contributed by atoms with Crippen LogP contribution < -0.4 is 5.32 Å². The Bertz CT molecular complexity index is 355. The van der Waals surface area contributed by atoms with Crippen molar-refractivity contribution in [2.75, 3.05) is 11.9 Å². The zero-order valence-electron chi connectivity index (χ0n) is 9.46. The van der Waals surface area contributed by atoms with Gasteiger partial charge in [0.2, 0.25) is 0 Å². The van der Waals surface area contributed by atoms with Gasteiger partial charge in [0, 0.05) is 18.8 Å². The minimum atomic E-state index is -4.36. The van der Waals surface area contributed by atoms with E-state index in [2.05, 4.69) is 10.3 Å². The Morgan fingerprint density at radius 1 is 1.47 bits per heavy atom. The number of rotatable bonds is 5. The fourth-order valence-corrected chi connectivity index (χ4v) is 1.43. The van der Waals surface area contributed by atoms with Gasteiger partial charge in [-0.3, -0.25) is 0 Å². The number of aliphatic hydroxyl groups excluding tert-OH is 1. The summed E-state index contributed by atoms with van der Waals surface area (Å²) in [4.78, 5) is 3.83. The molecule has 0 bridgehead atoms. The Balaban J connectivity index is 2.78. The second-order valence-electron chi connectivity index (χ2n) is 3.69. The fraction of sp³-hybridized carbons (Fsp3) is 0.545. The van der Waals surface area contributed by atoms with Gasteiger partial charge in [0.25, 0.3) is 0 Å². The number of halogens is 3. The Labute approximate surface area is 97.7 Å². The van der Waals surface area contributed by atoms with Crippen LogP contribution in [0.15, 0.2) is 18.3 Å². The van der Waals surface area contributed by atoms with Crippen LogP contribution in [0.4, 0.5) is 19.0 Å². The molecular formula is C11H15F3N2O. The third-order valence-corrected chi connectivity index (χ3v) is 2.41. The second-order valence-corrected chi connectivity index (χ2v) is 3.69. The highest BCUT2D eigenvalue weighted by Crippen LogP contribution is 2.30. The summed E-state index contributed by atoms with van der Waals surface area (Å²) in [6.07, 6.45) is -2.05. The maximum atomic E-state index is 12.4. The van der Waals surface area contributed by atoms with E-state index in [1.54, 1.807) is 0 Å². The van der Waals surface area contributed by atoms with Crippen LogP contribution in [0.25, 0.3) is 0 Å². The molecule has 1 aromatic rings. The molecule has 1 aromatic heterocycles. The van der Waals surface area contributed by atoms with Crippen molar-refractivity contribution in [1.29, 1.82) is 0 Å². The van der Waals surface area contributed by atoms with Crippen molar-refractivity contribution in [3.05, 3.63) is 23.9 Å². The van der Waals surface area contributed by atoms with Crippen molar-refractivity contribution < 1.29 is 18.3 Å². The van der Waals surface area contributed by atoms with Gasteiger partial charge in [-0.05, 0) is 25.0 Å². The van der Waals surface area contributed by atoms with Crippen LogP contribution in [-0.2, 0) is 6.18 Å². The van der Waals surface area contributed by atoms with E-state index < -0.39 is 11.7 Å². The summed E-state index contributed by atoms with van der Waals surface area (Å²) in [7, 11) is 0. The van der Waals surface area contributed by atoms with Gasteiger partial charge in [-0.1, -0.05) is 6.92 Å². The van der Waals surface area contributed by atoms with Crippen molar-refractivity contribution in [2.45, 2.75) is 32.0 Å². The number of pyridine rings is 1. The first-order valence-corrected chi connectivity index (χ1v) is 5.38. The lowest BCUT2D eigenvalue weighted by atomic mass is 10.1. The molecule has 1 unspecified atom stereocenters. The highest BCUT2D eigenvalue weighted by atomic mass is 19.4. The number of anilines is 1. The van der Waals surface area contributed by atoms with Crippen LogP contribution in [0.3, 0.4) is 0 Å². The zero-order chi connectivity index (χ0) is 12.9. The molecule has 0 aromatic carbocycles. The summed E-state index contributed by atoms with van der Waals surface area (Å²) in [5.74, 6) is 0.181. The molecule has 0 radical (unpaired) electrons. The molecule has 0 fully saturated rings. The molecule has 1 rings (SSSR count). The summed E-state index contributed by atoms with van der Waals surface area (Å²) in [5, 5.41) is 11.7. The van der Waals surface area contributed by atoms with Gasteiger partial charge in [-0.25, -0.2) is 4.98 Å². The standard InChI is InChI=1S/C11H15F3N2O/c1-2-9(4-6-17)16-10-7-8(3-5-15-10)11(12,13)14/h3,5,7,9,17H,2,4,6H2,1H3,(H,15,16). The lowest BCUT2D eigenvalue weighted by Crippen LogP contribution is -2.21. The average Bonchev–Trinajstić information content (AvgIpc) is 2.28. The highest BCUT2D eigenvalue weighted by molar-refractivity contribution is 5.39. The van der Waals surface area contributed by atoms with Gasteiger partial charge in [-0.15, -0.1) is 0 Å². The van der Waals surface area contributed by atoms with E-state index in [0.29, 0.717) is 12.8 Å². The Kier molecular flexibility index (Phi) is 4.74. The maximum absolute atomic E-state index is 12.4. The predicted octanol–water partition coefficient (Wildman–Crippen LogP) is 2.67. The summed E-state index contributed by atoms with van der Waals surface area (Å²) in [6, 6.07) is 1.83. The Morgan fingerprint density at radius 2 is 2.18 bits per heavy atom. The van der Waals surface area contributed by atoms with Crippen LogP contribution >= 0.6 is 0 Å². The fourth-order valence-electron chi connectivity index (χ4n) is 1.43. The molecule has 6 heteroatoms. The summed E-state index contributed by atoms with van der Waals surface area (Å²) in [5.41, 5.74) is -0.728. The molecule has 96 valence electrons. The number of hydrogen-bond donors (Lipinski definition) is 2. The van der Waals surface area contributed by atoms with Gasteiger partial charge in [0.15, 0.2) is 0 Å². The minimum absolute atomic E-state index is 0.00946. The van der Waals surface area contributed by atoms with E-state index in [4.69, 9.17) is 5.11 Å². The average molecular weight is 248 g/mol. The molecule has 0 aliphatic rings. The first kappa shape index (κ1) is 13.8. The molecule has 0 aliphatic heterocycles. The van der Waals surface area contributed by atoms with Crippen LogP contribution in [0.1, 0.15) is 25.3 Å². The molecule has 1 atom stereocenters. The van der Waals surface area contributed by atoms with Crippen LogP contribution in [-0.4, -0.2) is 22.7 Å². The van der Waals surface area contributed by atoms with Crippen molar-refractivity contribution in [3.63, 3.8) is 0 Å². The third kappa shape index (κ3) is 4.22. The molecule has 0 saturated carbocycles. The van der Waals surface area contributed by atoms with Crippen LogP contribution in [0.5, 0.6) is 0 Å². The van der Waals surface area contributed by atoms with Gasteiger partial charge in [0.05, 0.1) is 5.56 Å². The molecule has 2 N–H and O–H groups in total. The SMILES string of the molecule is CCC(CCO)Nc1cc(C(F)(F)F)ccn1. The van der Waals surface area contributed by atoms with Crippen molar-refractivity contribution in [3.8, 4) is 0 Å². The Morgan fingerprint density at radius 3 is 2.71 bits per heavy atom. The first-order valence-electron chi connectivity index (χ1n) is 5.38. The molecule has 3 nitrogen and oxygen atoms in total. The number of nitrogens with zero attached hydrogens (tertiary/aromatic N) is 1. The van der Waals surface area contributed by atoms with Gasteiger partial charge in [0.1, 0.15) is 5.82 Å². The van der Waals surface area contributed by atoms with Crippen LogP contribution in [0.2, 0.25) is 0 Å². The Hall–Kier alpha value is -1.30. The zero-order valence-corrected chi connectivity index (χ0v) is 9.46. The number of hydrogen-bond acceptors (Lipinski definition) is 3. The predicted molar refractivity (Wildman–Crippen MR) is 58.6 cm³/mol. The molecule has 17 heavy (non-hydrogen) atoms. The van der Waals surface area contributed by atoms with E-state index in [-0.39, 0.29) is 18.5 Å². The lowest BCUT2D eigenvalue weighted by molar-refractivity contribution is -0.137. The lowest BCUT2D eigenvalue weighted by Gasteiger charge is -2.17. The third-order valence-electron chi connectivity index (χ3n) is 2.41. The topological polar surface area (TPSA) is 45.1 Å². The molecule has 0 aliphatic carbocycles. The normalized spacial score (nSPS) is 13.5. The number of aliphatic hydroxyl groups is 1.